The van der Waals surface area contributed by atoms with E-state index in [0.717, 1.165) is 12.8 Å². The molecule has 0 fully saturated rings. The van der Waals surface area contributed by atoms with Crippen LogP contribution in [0.5, 0.6) is 0 Å². The number of benzene rings is 1. The van der Waals surface area contributed by atoms with Crippen molar-refractivity contribution in [3.8, 4) is 0 Å². The van der Waals surface area contributed by atoms with E-state index in [0.29, 0.717) is 17.8 Å². The molecule has 1 aromatic rings. The van der Waals surface area contributed by atoms with Gasteiger partial charge in [0.25, 0.3) is 0 Å². The minimum absolute atomic E-state index is 0.154. The molecule has 6 heteroatoms. The largest absolute Gasteiger partial charge is 0.352 e. The maximum absolute atomic E-state index is 12.8. The van der Waals surface area contributed by atoms with Gasteiger partial charge in [-0.2, -0.15) is 4.72 Å². The van der Waals surface area contributed by atoms with Gasteiger partial charge in [0.15, 0.2) is 11.5 Å². The van der Waals surface area contributed by atoms with E-state index < -0.39 is 15.7 Å². The molecule has 0 bridgehead atoms. The van der Waals surface area contributed by atoms with E-state index >= 15 is 0 Å². The van der Waals surface area contributed by atoms with Crippen molar-refractivity contribution in [3.63, 3.8) is 0 Å². The summed E-state index contributed by atoms with van der Waals surface area (Å²) < 4.78 is 34.2. The molecular weight excluding hydrogens is 326 g/mol. The molecule has 0 saturated heterocycles. The number of ether oxygens (including phenoxy) is 1. The van der Waals surface area contributed by atoms with Crippen molar-refractivity contribution in [2.75, 3.05) is 6.61 Å². The average molecular weight is 349 g/mol. The van der Waals surface area contributed by atoms with Crippen molar-refractivity contribution in [3.05, 3.63) is 53.6 Å². The van der Waals surface area contributed by atoms with Gasteiger partial charge in [-0.3, -0.25) is 4.79 Å². The van der Waals surface area contributed by atoms with Crippen LogP contribution in [0.15, 0.2) is 58.5 Å². The van der Waals surface area contributed by atoms with Crippen molar-refractivity contribution >= 4 is 15.8 Å². The Kier molecular flexibility index (Phi) is 5.74. The maximum Gasteiger partial charge on any atom is 0.243 e. The quantitative estimate of drug-likeness (QED) is 0.607. The van der Waals surface area contributed by atoms with Crippen LogP contribution in [0.25, 0.3) is 0 Å². The number of nitrogens with one attached hydrogen (secondary N) is 1. The smallest absolute Gasteiger partial charge is 0.243 e. The lowest BCUT2D eigenvalue weighted by atomic mass is 9.90. The van der Waals surface area contributed by atoms with Crippen molar-refractivity contribution in [2.45, 2.75) is 44.2 Å². The third-order valence-electron chi connectivity index (χ3n) is 3.98. The number of carbonyl (C=O) groups excluding carboxylic acids is 1. The molecule has 0 amide bonds. The molecule has 0 heterocycles. The topological polar surface area (TPSA) is 72.5 Å². The van der Waals surface area contributed by atoms with E-state index in [1.54, 1.807) is 32.0 Å². The van der Waals surface area contributed by atoms with Crippen LogP contribution in [0.4, 0.5) is 0 Å². The van der Waals surface area contributed by atoms with E-state index in [2.05, 4.69) is 4.72 Å². The van der Waals surface area contributed by atoms with E-state index in [-0.39, 0.29) is 10.7 Å². The van der Waals surface area contributed by atoms with Crippen LogP contribution in [-0.4, -0.2) is 26.5 Å². The zero-order valence-electron chi connectivity index (χ0n) is 14.2. The molecule has 130 valence electrons. The Balaban J connectivity index is 2.43. The molecule has 1 aromatic carbocycles. The number of hydrogen-bond acceptors (Lipinski definition) is 4. The molecule has 24 heavy (non-hydrogen) atoms. The average Bonchev–Trinajstić information content (AvgIpc) is 2.53. The zero-order valence-corrected chi connectivity index (χ0v) is 15.0. The molecule has 0 spiro atoms. The van der Waals surface area contributed by atoms with Crippen LogP contribution in [0, 0.1) is 0 Å². The third kappa shape index (κ3) is 3.83. The van der Waals surface area contributed by atoms with Crippen LogP contribution >= 0.6 is 0 Å². The highest BCUT2D eigenvalue weighted by Gasteiger charge is 2.42. The number of rotatable bonds is 7. The van der Waals surface area contributed by atoms with Gasteiger partial charge in [-0.1, -0.05) is 31.5 Å². The van der Waals surface area contributed by atoms with Gasteiger partial charge in [-0.15, -0.1) is 0 Å². The molecule has 0 aliphatic heterocycles. The summed E-state index contributed by atoms with van der Waals surface area (Å²) in [6, 6.07) is 8.12. The Labute approximate surface area is 143 Å². The Morgan fingerprint density at radius 3 is 2.21 bits per heavy atom. The molecular formula is C18H23NO4S. The number of ketones is 1. The summed E-state index contributed by atoms with van der Waals surface area (Å²) >= 11 is 0. The van der Waals surface area contributed by atoms with Gasteiger partial charge in [0.1, 0.15) is 0 Å². The Morgan fingerprint density at radius 2 is 1.67 bits per heavy atom. The standard InChI is InChI=1S/C18H23NO4S/c1-4-5-11-23-18(14(2)12-16(20)13-15(18)3)19-24(21,22)17-9-7-6-8-10-17/h6-10,12-13,19H,4-5,11H2,1-3H3. The summed E-state index contributed by atoms with van der Waals surface area (Å²) in [5.74, 6) is -0.168. The normalized spacial score (nSPS) is 17.4. The predicted molar refractivity (Wildman–Crippen MR) is 92.9 cm³/mol. The fourth-order valence-corrected chi connectivity index (χ4v) is 4.01. The van der Waals surface area contributed by atoms with Crippen LogP contribution in [0.2, 0.25) is 0 Å². The first kappa shape index (κ1) is 18.6. The lowest BCUT2D eigenvalue weighted by Gasteiger charge is -2.38. The highest BCUT2D eigenvalue weighted by Crippen LogP contribution is 2.32. The number of carbonyl (C=O) groups is 1. The van der Waals surface area contributed by atoms with E-state index in [4.69, 9.17) is 4.74 Å². The summed E-state index contributed by atoms with van der Waals surface area (Å²) in [6.07, 6.45) is 4.54. The van der Waals surface area contributed by atoms with Gasteiger partial charge in [0.2, 0.25) is 10.0 Å². The molecule has 2 rings (SSSR count). The summed E-state index contributed by atoms with van der Waals surface area (Å²) in [5, 5.41) is 0. The second kappa shape index (κ2) is 7.42. The SMILES string of the molecule is CCCCOC1(NS(=O)(=O)c2ccccc2)C(C)=CC(=O)C=C1C. The minimum Gasteiger partial charge on any atom is -0.352 e. The first-order valence-corrected chi connectivity index (χ1v) is 9.44. The fraction of sp³-hybridized carbons (Fsp3) is 0.389. The highest BCUT2D eigenvalue weighted by molar-refractivity contribution is 7.89. The summed E-state index contributed by atoms with van der Waals surface area (Å²) in [6.45, 7) is 5.82. The van der Waals surface area contributed by atoms with Crippen molar-refractivity contribution in [1.29, 1.82) is 0 Å². The van der Waals surface area contributed by atoms with Crippen LogP contribution < -0.4 is 4.72 Å². The molecule has 0 unspecified atom stereocenters. The van der Waals surface area contributed by atoms with Crippen LogP contribution in [0.1, 0.15) is 33.6 Å². The predicted octanol–water partition coefficient (Wildman–Crippen LogP) is 2.95. The number of unbranched alkanes of at least 4 members (excludes halogenated alkanes) is 1. The second-order valence-corrected chi connectivity index (χ2v) is 7.54. The fourth-order valence-electron chi connectivity index (χ4n) is 2.62. The van der Waals surface area contributed by atoms with Crippen LogP contribution in [0.3, 0.4) is 0 Å². The number of hydrogen-bond donors (Lipinski definition) is 1. The minimum atomic E-state index is -3.81. The van der Waals surface area contributed by atoms with Crippen molar-refractivity contribution in [1.82, 2.24) is 4.72 Å². The first-order valence-electron chi connectivity index (χ1n) is 7.96. The van der Waals surface area contributed by atoms with Crippen LogP contribution in [-0.2, 0) is 19.6 Å². The maximum atomic E-state index is 12.8. The van der Waals surface area contributed by atoms with E-state index in [9.17, 15) is 13.2 Å². The second-order valence-electron chi connectivity index (χ2n) is 5.86. The van der Waals surface area contributed by atoms with Gasteiger partial charge in [0.05, 0.1) is 4.90 Å². The van der Waals surface area contributed by atoms with Gasteiger partial charge >= 0.3 is 0 Å². The van der Waals surface area contributed by atoms with Gasteiger partial charge < -0.3 is 4.74 Å². The summed E-state index contributed by atoms with van der Waals surface area (Å²) in [4.78, 5) is 11.9. The molecule has 0 radical (unpaired) electrons. The summed E-state index contributed by atoms with van der Waals surface area (Å²) in [5.41, 5.74) is -0.260. The lowest BCUT2D eigenvalue weighted by Crippen LogP contribution is -2.53. The molecule has 1 aliphatic carbocycles. The highest BCUT2D eigenvalue weighted by atomic mass is 32.2. The molecule has 0 atom stereocenters. The zero-order chi connectivity index (χ0) is 17.8. The van der Waals surface area contributed by atoms with E-state index in [1.807, 2.05) is 6.92 Å². The van der Waals surface area contributed by atoms with Gasteiger partial charge in [-0.05, 0) is 55.7 Å². The number of sulfonamides is 1. The van der Waals surface area contributed by atoms with Gasteiger partial charge in [0, 0.05) is 6.61 Å². The van der Waals surface area contributed by atoms with Crippen molar-refractivity contribution < 1.29 is 17.9 Å². The Hall–Kier alpha value is -1.76. The molecule has 5 nitrogen and oxygen atoms in total. The molecule has 0 saturated carbocycles. The number of allylic oxidation sites excluding steroid dienone is 2. The molecule has 1 N–H and O–H groups in total. The molecule has 1 aliphatic rings. The van der Waals surface area contributed by atoms with Gasteiger partial charge in [-0.25, -0.2) is 8.42 Å². The lowest BCUT2D eigenvalue weighted by molar-refractivity contribution is -0.111. The molecule has 0 aromatic heterocycles. The third-order valence-corrected chi connectivity index (χ3v) is 5.43. The van der Waals surface area contributed by atoms with E-state index in [1.165, 1.54) is 24.3 Å². The summed E-state index contributed by atoms with van der Waals surface area (Å²) in [7, 11) is -3.81. The van der Waals surface area contributed by atoms with Crippen molar-refractivity contribution in [2.24, 2.45) is 0 Å². The first-order chi connectivity index (χ1) is 11.3. The Morgan fingerprint density at radius 1 is 1.08 bits per heavy atom. The monoisotopic (exact) mass is 349 g/mol. The Bertz CT molecular complexity index is 741.